The highest BCUT2D eigenvalue weighted by Gasteiger charge is 2.49. The molecule has 0 aromatic carbocycles. The van der Waals surface area contributed by atoms with E-state index in [4.69, 9.17) is 4.52 Å². The van der Waals surface area contributed by atoms with Crippen molar-refractivity contribution in [3.63, 3.8) is 0 Å². The van der Waals surface area contributed by atoms with Crippen molar-refractivity contribution < 1.29 is 13.3 Å². The number of hydrogen-bond acceptors (Lipinski definition) is 4. The van der Waals surface area contributed by atoms with Crippen LogP contribution in [0.1, 0.15) is 50.2 Å². The van der Waals surface area contributed by atoms with E-state index in [0.717, 1.165) is 25.9 Å². The molecule has 19 heavy (non-hydrogen) atoms. The van der Waals surface area contributed by atoms with E-state index in [2.05, 4.69) is 22.4 Å². The summed E-state index contributed by atoms with van der Waals surface area (Å²) in [6.07, 6.45) is 1.58. The fourth-order valence-corrected chi connectivity index (χ4v) is 2.68. The summed E-state index contributed by atoms with van der Waals surface area (Å²) in [5.41, 5.74) is -0.0841. The standard InChI is InChI=1S/C12H17F2N3O.ClH/c1-11(2-4-15-5-3-11)10-16-9(18-17-10)8-6-12(13,14)7-8;/h8,15H,2-7H2,1H3;1H. The minimum atomic E-state index is -2.54. The third-order valence-electron chi connectivity index (χ3n) is 4.13. The van der Waals surface area contributed by atoms with E-state index in [1.54, 1.807) is 0 Å². The van der Waals surface area contributed by atoms with Gasteiger partial charge in [0.1, 0.15) is 0 Å². The fraction of sp³-hybridized carbons (Fsp3) is 0.833. The summed E-state index contributed by atoms with van der Waals surface area (Å²) < 4.78 is 30.8. The van der Waals surface area contributed by atoms with Gasteiger partial charge in [-0.1, -0.05) is 12.1 Å². The maximum Gasteiger partial charge on any atom is 0.249 e. The van der Waals surface area contributed by atoms with Gasteiger partial charge in [-0.2, -0.15) is 4.98 Å². The SMILES string of the molecule is CC1(c2noc(C3CC(F)(F)C3)n2)CCNCC1.Cl. The summed E-state index contributed by atoms with van der Waals surface area (Å²) in [5.74, 6) is -1.74. The highest BCUT2D eigenvalue weighted by molar-refractivity contribution is 5.85. The van der Waals surface area contributed by atoms with Crippen LogP contribution in [0.3, 0.4) is 0 Å². The molecule has 1 aliphatic heterocycles. The van der Waals surface area contributed by atoms with Gasteiger partial charge in [0.2, 0.25) is 11.8 Å². The molecular formula is C12H18ClF2N3O. The predicted octanol–water partition coefficient (Wildman–Crippen LogP) is 2.65. The van der Waals surface area contributed by atoms with Crippen molar-refractivity contribution in [2.45, 2.75) is 49.9 Å². The van der Waals surface area contributed by atoms with Crippen LogP contribution in [0.4, 0.5) is 8.78 Å². The van der Waals surface area contributed by atoms with Gasteiger partial charge in [0.15, 0.2) is 5.82 Å². The molecule has 4 nitrogen and oxygen atoms in total. The lowest BCUT2D eigenvalue weighted by molar-refractivity contribution is -0.0925. The van der Waals surface area contributed by atoms with Crippen molar-refractivity contribution in [1.82, 2.24) is 15.5 Å². The first kappa shape index (κ1) is 14.7. The first-order chi connectivity index (χ1) is 8.49. The van der Waals surface area contributed by atoms with Gasteiger partial charge >= 0.3 is 0 Å². The molecule has 0 unspecified atom stereocenters. The van der Waals surface area contributed by atoms with Crippen LogP contribution in [-0.2, 0) is 5.41 Å². The fourth-order valence-electron chi connectivity index (χ4n) is 2.68. The lowest BCUT2D eigenvalue weighted by Crippen LogP contribution is -2.38. The van der Waals surface area contributed by atoms with Crippen molar-refractivity contribution in [3.05, 3.63) is 11.7 Å². The number of halogens is 3. The summed E-state index contributed by atoms with van der Waals surface area (Å²) in [7, 11) is 0. The number of nitrogens with zero attached hydrogens (tertiary/aromatic N) is 2. The molecular weight excluding hydrogens is 276 g/mol. The monoisotopic (exact) mass is 293 g/mol. The molecule has 0 amide bonds. The van der Waals surface area contributed by atoms with Gasteiger partial charge in [0.05, 0.1) is 0 Å². The van der Waals surface area contributed by atoms with Crippen molar-refractivity contribution >= 4 is 12.4 Å². The maximum absolute atomic E-state index is 12.8. The van der Waals surface area contributed by atoms with Gasteiger partial charge in [-0.3, -0.25) is 0 Å². The molecule has 0 spiro atoms. The van der Waals surface area contributed by atoms with Gasteiger partial charge < -0.3 is 9.84 Å². The van der Waals surface area contributed by atoms with Gasteiger partial charge in [-0.05, 0) is 25.9 Å². The second-order valence-corrected chi connectivity index (χ2v) is 5.73. The number of aromatic nitrogens is 2. The highest BCUT2D eigenvalue weighted by Crippen LogP contribution is 2.48. The average molecular weight is 294 g/mol. The first-order valence-electron chi connectivity index (χ1n) is 6.41. The second-order valence-electron chi connectivity index (χ2n) is 5.73. The Morgan fingerprint density at radius 2 is 1.89 bits per heavy atom. The molecule has 1 N–H and O–H groups in total. The number of nitrogens with one attached hydrogen (secondary N) is 1. The number of alkyl halides is 2. The zero-order valence-corrected chi connectivity index (χ0v) is 11.6. The summed E-state index contributed by atoms with van der Waals surface area (Å²) in [6.45, 7) is 3.97. The number of hydrogen-bond donors (Lipinski definition) is 1. The molecule has 2 heterocycles. The Hall–Kier alpha value is -0.750. The van der Waals surface area contributed by atoms with Crippen LogP contribution in [0.15, 0.2) is 4.52 Å². The quantitative estimate of drug-likeness (QED) is 0.911. The van der Waals surface area contributed by atoms with E-state index in [0.29, 0.717) is 11.7 Å². The van der Waals surface area contributed by atoms with Gasteiger partial charge in [0, 0.05) is 24.2 Å². The molecule has 2 fully saturated rings. The summed E-state index contributed by atoms with van der Waals surface area (Å²) in [6, 6.07) is 0. The Kier molecular flexibility index (Phi) is 3.84. The molecule has 0 atom stereocenters. The van der Waals surface area contributed by atoms with Crippen LogP contribution in [0.5, 0.6) is 0 Å². The van der Waals surface area contributed by atoms with Crippen molar-refractivity contribution in [3.8, 4) is 0 Å². The summed E-state index contributed by atoms with van der Waals surface area (Å²) in [4.78, 5) is 4.35. The molecule has 1 aromatic heterocycles. The largest absolute Gasteiger partial charge is 0.339 e. The van der Waals surface area contributed by atoms with Gasteiger partial charge in [0.25, 0.3) is 0 Å². The van der Waals surface area contributed by atoms with E-state index in [9.17, 15) is 8.78 Å². The molecule has 1 aliphatic carbocycles. The Morgan fingerprint density at radius 1 is 1.26 bits per heavy atom. The molecule has 1 aromatic rings. The Morgan fingerprint density at radius 3 is 2.47 bits per heavy atom. The lowest BCUT2D eigenvalue weighted by atomic mass is 9.79. The normalized spacial score (nSPS) is 25.4. The zero-order chi connectivity index (χ0) is 12.8. The smallest absolute Gasteiger partial charge is 0.249 e. The molecule has 7 heteroatoms. The van der Waals surface area contributed by atoms with E-state index in [-0.39, 0.29) is 36.6 Å². The van der Waals surface area contributed by atoms with Gasteiger partial charge in [-0.15, -0.1) is 12.4 Å². The van der Waals surface area contributed by atoms with Crippen molar-refractivity contribution in [1.29, 1.82) is 0 Å². The Balaban J connectivity index is 0.00000133. The topological polar surface area (TPSA) is 51.0 Å². The molecule has 108 valence electrons. The van der Waals surface area contributed by atoms with Crippen LogP contribution < -0.4 is 5.32 Å². The molecule has 1 saturated heterocycles. The van der Waals surface area contributed by atoms with E-state index in [1.165, 1.54) is 0 Å². The zero-order valence-electron chi connectivity index (χ0n) is 10.8. The third-order valence-corrected chi connectivity index (χ3v) is 4.13. The number of piperidine rings is 1. The first-order valence-corrected chi connectivity index (χ1v) is 6.41. The summed E-state index contributed by atoms with van der Waals surface area (Å²) in [5, 5.41) is 7.29. The molecule has 1 saturated carbocycles. The minimum absolute atomic E-state index is 0. The van der Waals surface area contributed by atoms with Crippen LogP contribution in [0.2, 0.25) is 0 Å². The molecule has 2 aliphatic rings. The van der Waals surface area contributed by atoms with Crippen LogP contribution in [0, 0.1) is 0 Å². The second kappa shape index (κ2) is 4.98. The third kappa shape index (κ3) is 2.74. The van der Waals surface area contributed by atoms with Crippen molar-refractivity contribution in [2.75, 3.05) is 13.1 Å². The van der Waals surface area contributed by atoms with Gasteiger partial charge in [-0.25, -0.2) is 8.78 Å². The average Bonchev–Trinajstić information content (AvgIpc) is 2.76. The van der Waals surface area contributed by atoms with E-state index >= 15 is 0 Å². The maximum atomic E-state index is 12.8. The Bertz CT molecular complexity index is 438. The molecule has 3 rings (SSSR count). The number of rotatable bonds is 2. The van der Waals surface area contributed by atoms with E-state index in [1.807, 2.05) is 0 Å². The molecule has 0 radical (unpaired) electrons. The van der Waals surface area contributed by atoms with Crippen molar-refractivity contribution in [2.24, 2.45) is 0 Å². The van der Waals surface area contributed by atoms with Crippen LogP contribution in [0.25, 0.3) is 0 Å². The minimum Gasteiger partial charge on any atom is -0.339 e. The summed E-state index contributed by atoms with van der Waals surface area (Å²) >= 11 is 0. The van der Waals surface area contributed by atoms with Crippen LogP contribution >= 0.6 is 12.4 Å². The van der Waals surface area contributed by atoms with Crippen LogP contribution in [-0.4, -0.2) is 29.2 Å². The Labute approximate surface area is 116 Å². The lowest BCUT2D eigenvalue weighted by Gasteiger charge is -2.32. The predicted molar refractivity (Wildman–Crippen MR) is 67.9 cm³/mol. The van der Waals surface area contributed by atoms with E-state index < -0.39 is 5.92 Å². The molecule has 0 bridgehead atoms. The highest BCUT2D eigenvalue weighted by atomic mass is 35.5.